The number of aromatic nitrogens is 2. The Morgan fingerprint density at radius 3 is 2.46 bits per heavy atom. The van der Waals surface area contributed by atoms with Crippen LogP contribution in [-0.2, 0) is 7.05 Å². The molecule has 3 aromatic rings. The highest BCUT2D eigenvalue weighted by molar-refractivity contribution is 6.07. The molecule has 5 heteroatoms. The third-order valence-electron chi connectivity index (χ3n) is 4.06. The van der Waals surface area contributed by atoms with Crippen molar-refractivity contribution in [1.29, 1.82) is 5.41 Å². The lowest BCUT2D eigenvalue weighted by Gasteiger charge is -2.22. The van der Waals surface area contributed by atoms with Crippen LogP contribution in [-0.4, -0.2) is 29.8 Å². The molecule has 130 valence electrons. The first-order valence-corrected chi connectivity index (χ1v) is 8.16. The number of anilines is 1. The SMILES string of the molecule is COc1cc(C#Cc2ccccc2)ccc1N(C)C(=N)c1ccnn1C. The number of methoxy groups -OCH3 is 1. The predicted octanol–water partition coefficient (Wildman–Crippen LogP) is 3.29. The summed E-state index contributed by atoms with van der Waals surface area (Å²) < 4.78 is 7.20. The van der Waals surface area contributed by atoms with Crippen LogP contribution in [0.4, 0.5) is 5.69 Å². The number of aryl methyl sites for hydroxylation is 1. The largest absolute Gasteiger partial charge is 0.495 e. The molecule has 1 N–H and O–H groups in total. The second-order valence-corrected chi connectivity index (χ2v) is 5.75. The molecule has 0 saturated heterocycles. The van der Waals surface area contributed by atoms with Crippen LogP contribution < -0.4 is 9.64 Å². The van der Waals surface area contributed by atoms with Crippen molar-refractivity contribution >= 4 is 11.5 Å². The van der Waals surface area contributed by atoms with Gasteiger partial charge in [-0.05, 0) is 36.4 Å². The highest BCUT2D eigenvalue weighted by atomic mass is 16.5. The van der Waals surface area contributed by atoms with Crippen LogP contribution in [0.5, 0.6) is 5.75 Å². The molecule has 0 spiro atoms. The zero-order valence-corrected chi connectivity index (χ0v) is 15.0. The molecule has 0 atom stereocenters. The molecule has 3 rings (SSSR count). The first-order valence-electron chi connectivity index (χ1n) is 8.16. The predicted molar refractivity (Wildman–Crippen MR) is 104 cm³/mol. The summed E-state index contributed by atoms with van der Waals surface area (Å²) in [6.45, 7) is 0. The van der Waals surface area contributed by atoms with Crippen molar-refractivity contribution in [3.05, 3.63) is 77.6 Å². The number of ether oxygens (including phenoxy) is 1. The van der Waals surface area contributed by atoms with Gasteiger partial charge >= 0.3 is 0 Å². The molecular weight excluding hydrogens is 324 g/mol. The smallest absolute Gasteiger partial charge is 0.151 e. The number of hydrogen-bond donors (Lipinski definition) is 1. The van der Waals surface area contributed by atoms with Gasteiger partial charge in [0.25, 0.3) is 0 Å². The average Bonchev–Trinajstić information content (AvgIpc) is 3.11. The fourth-order valence-electron chi connectivity index (χ4n) is 2.60. The summed E-state index contributed by atoms with van der Waals surface area (Å²) in [5.74, 6) is 7.30. The number of benzene rings is 2. The Balaban J connectivity index is 1.89. The molecule has 1 heterocycles. The van der Waals surface area contributed by atoms with Crippen molar-refractivity contribution in [1.82, 2.24) is 9.78 Å². The highest BCUT2D eigenvalue weighted by Crippen LogP contribution is 2.29. The summed E-state index contributed by atoms with van der Waals surface area (Å²) in [7, 11) is 5.27. The van der Waals surface area contributed by atoms with Gasteiger partial charge < -0.3 is 9.64 Å². The summed E-state index contributed by atoms with van der Waals surface area (Å²) in [4.78, 5) is 1.77. The molecule has 0 aliphatic carbocycles. The van der Waals surface area contributed by atoms with E-state index in [4.69, 9.17) is 10.1 Å². The van der Waals surface area contributed by atoms with Crippen LogP contribution >= 0.6 is 0 Å². The topological polar surface area (TPSA) is 54.1 Å². The monoisotopic (exact) mass is 344 g/mol. The minimum absolute atomic E-state index is 0.339. The molecule has 0 aliphatic heterocycles. The first-order chi connectivity index (χ1) is 12.6. The lowest BCUT2D eigenvalue weighted by atomic mass is 10.1. The van der Waals surface area contributed by atoms with Gasteiger partial charge in [0, 0.05) is 31.4 Å². The van der Waals surface area contributed by atoms with Gasteiger partial charge in [-0.1, -0.05) is 30.0 Å². The number of hydrogen-bond acceptors (Lipinski definition) is 3. The maximum atomic E-state index is 8.43. The van der Waals surface area contributed by atoms with Gasteiger partial charge in [-0.25, -0.2) is 0 Å². The van der Waals surface area contributed by atoms with E-state index in [1.165, 1.54) is 0 Å². The van der Waals surface area contributed by atoms with E-state index >= 15 is 0 Å². The molecule has 0 aliphatic rings. The van der Waals surface area contributed by atoms with E-state index in [-0.39, 0.29) is 0 Å². The van der Waals surface area contributed by atoms with E-state index in [0.29, 0.717) is 11.6 Å². The van der Waals surface area contributed by atoms with Crippen LogP contribution in [0.25, 0.3) is 0 Å². The van der Waals surface area contributed by atoms with E-state index < -0.39 is 0 Å². The second kappa shape index (κ2) is 7.58. The fraction of sp³-hybridized carbons (Fsp3) is 0.143. The summed E-state index contributed by atoms with van der Waals surface area (Å²) in [6, 6.07) is 17.4. The average molecular weight is 344 g/mol. The molecular formula is C21H20N4O. The standard InChI is InChI=1S/C21H20N4O/c1-24(21(22)19-13-14-23-25(19)2)18-12-11-17(15-20(18)26-3)10-9-16-7-5-4-6-8-16/h4-8,11-15,22H,1-3H3. The lowest BCUT2D eigenvalue weighted by molar-refractivity contribution is 0.415. The van der Waals surface area contributed by atoms with Crippen molar-refractivity contribution < 1.29 is 4.74 Å². The Hall–Kier alpha value is -3.52. The van der Waals surface area contributed by atoms with Crippen LogP contribution in [0.3, 0.4) is 0 Å². The molecule has 0 radical (unpaired) electrons. The maximum Gasteiger partial charge on any atom is 0.151 e. The Labute approximate surface area is 153 Å². The molecule has 26 heavy (non-hydrogen) atoms. The molecule has 0 fully saturated rings. The van der Waals surface area contributed by atoms with Crippen LogP contribution in [0.1, 0.15) is 16.8 Å². The van der Waals surface area contributed by atoms with Gasteiger partial charge in [0.1, 0.15) is 11.4 Å². The van der Waals surface area contributed by atoms with E-state index in [9.17, 15) is 0 Å². The van der Waals surface area contributed by atoms with Gasteiger partial charge in [-0.15, -0.1) is 0 Å². The molecule has 5 nitrogen and oxygen atoms in total. The quantitative estimate of drug-likeness (QED) is 0.451. The lowest BCUT2D eigenvalue weighted by Crippen LogP contribution is -2.28. The molecule has 0 unspecified atom stereocenters. The zero-order chi connectivity index (χ0) is 18.5. The van der Waals surface area contributed by atoms with Gasteiger partial charge in [0.2, 0.25) is 0 Å². The Bertz CT molecular complexity index is 980. The molecule has 0 saturated carbocycles. The van der Waals surface area contributed by atoms with Gasteiger partial charge in [0.15, 0.2) is 5.84 Å². The summed E-state index contributed by atoms with van der Waals surface area (Å²) >= 11 is 0. The molecule has 1 aromatic heterocycles. The minimum Gasteiger partial charge on any atom is -0.495 e. The molecule has 2 aromatic carbocycles. The summed E-state index contributed by atoms with van der Waals surface area (Å²) in [5, 5.41) is 12.6. The van der Waals surface area contributed by atoms with Gasteiger partial charge in [-0.3, -0.25) is 10.1 Å². The Kier molecular flexibility index (Phi) is 5.04. The fourth-order valence-corrected chi connectivity index (χ4v) is 2.60. The number of rotatable bonds is 3. The third kappa shape index (κ3) is 3.60. The van der Waals surface area contributed by atoms with E-state index in [1.807, 2.05) is 68.7 Å². The summed E-state index contributed by atoms with van der Waals surface area (Å²) in [5.41, 5.74) is 3.34. The van der Waals surface area contributed by atoms with Crippen molar-refractivity contribution in [3.63, 3.8) is 0 Å². The van der Waals surface area contributed by atoms with Crippen molar-refractivity contribution in [3.8, 4) is 17.6 Å². The summed E-state index contributed by atoms with van der Waals surface area (Å²) in [6.07, 6.45) is 1.68. The van der Waals surface area contributed by atoms with Crippen LogP contribution in [0.15, 0.2) is 60.8 Å². The van der Waals surface area contributed by atoms with Crippen molar-refractivity contribution in [2.24, 2.45) is 7.05 Å². The highest BCUT2D eigenvalue weighted by Gasteiger charge is 2.16. The number of amidine groups is 1. The van der Waals surface area contributed by atoms with E-state index in [2.05, 4.69) is 16.9 Å². The van der Waals surface area contributed by atoms with E-state index in [1.54, 1.807) is 22.9 Å². The van der Waals surface area contributed by atoms with Crippen LogP contribution in [0.2, 0.25) is 0 Å². The van der Waals surface area contributed by atoms with Crippen LogP contribution in [0, 0.1) is 17.3 Å². The van der Waals surface area contributed by atoms with Crippen molar-refractivity contribution in [2.45, 2.75) is 0 Å². The molecule has 0 bridgehead atoms. The second-order valence-electron chi connectivity index (χ2n) is 5.75. The van der Waals surface area contributed by atoms with E-state index in [0.717, 1.165) is 22.5 Å². The zero-order valence-electron chi connectivity index (χ0n) is 15.0. The first kappa shape index (κ1) is 17.3. The number of nitrogens with zero attached hydrogens (tertiary/aromatic N) is 3. The molecule has 0 amide bonds. The van der Waals surface area contributed by atoms with Crippen molar-refractivity contribution in [2.75, 3.05) is 19.1 Å². The maximum absolute atomic E-state index is 8.43. The Morgan fingerprint density at radius 2 is 1.81 bits per heavy atom. The Morgan fingerprint density at radius 1 is 1.08 bits per heavy atom. The third-order valence-corrected chi connectivity index (χ3v) is 4.06. The minimum atomic E-state index is 0.339. The van der Waals surface area contributed by atoms with Gasteiger partial charge in [-0.2, -0.15) is 5.10 Å². The normalized spacial score (nSPS) is 9.96. The number of nitrogens with one attached hydrogen (secondary N) is 1. The van der Waals surface area contributed by atoms with Gasteiger partial charge in [0.05, 0.1) is 12.8 Å².